The maximum absolute atomic E-state index is 14.5. The standard InChI is InChI=1S/C55H68N8O9S/c1-34(2)41-7-4-5-8-42(41)45-9-6-24-62(45)38-31-55(32-38)19-25-61(26-20-55)37-10-11-43(47(28-37)72-49-27-36-14-23-57-51(36)59-53(49)71-39-15-21-56-22-16-39)52(64)60-73(68,69)40-29-46(63(66)67)50-48(30-40)70-33-44(58-50)35-12-17-54(3,65)18-13-35/h4-5,7-8,10-11,14,23,27-30,34-35,38-39,44-45,56,58,65H,6,9,12-13,15-22,24-26,31-33H2,1-3H3,(H,57,59)(H,60,64)/t35-,44-,45+,54-/m1/s1. The smallest absolute Gasteiger partial charge is 0.297 e. The SMILES string of the molecule is CC(C)c1ccccc1[C@@H]1CCCN1C1CC2(CCN(c3ccc(C(=O)NS(=O)(=O)c4cc5c(c([N+](=O)[O-])c4)N[C@@H]([C@H]4CC[C@](C)(O)CC4)CO5)c(Oc4cc5cc[nH]c5nc4OC4CCNCC4)c3)CC2)C1. The summed E-state index contributed by atoms with van der Waals surface area (Å²) in [5.74, 6) is 0.195. The average Bonchev–Trinajstić information content (AvgIpc) is 4.05. The number of benzene rings is 3. The van der Waals surface area contributed by atoms with Crippen LogP contribution in [0.25, 0.3) is 11.0 Å². The van der Waals surface area contributed by atoms with E-state index in [9.17, 15) is 28.4 Å². The summed E-state index contributed by atoms with van der Waals surface area (Å²) in [5.41, 5.74) is 3.41. The first-order valence-corrected chi connectivity index (χ1v) is 27.9. The Morgan fingerprint density at radius 1 is 0.959 bits per heavy atom. The van der Waals surface area contributed by atoms with Crippen LogP contribution in [0.2, 0.25) is 0 Å². The quantitative estimate of drug-likeness (QED) is 0.0549. The van der Waals surface area contributed by atoms with Crippen LogP contribution in [0.1, 0.15) is 131 Å². The Bertz CT molecular complexity index is 2980. The number of fused-ring (bicyclic) bond motifs is 2. The first kappa shape index (κ1) is 49.3. The second kappa shape index (κ2) is 19.7. The molecule has 2 aliphatic carbocycles. The van der Waals surface area contributed by atoms with Crippen LogP contribution in [0.5, 0.6) is 23.1 Å². The van der Waals surface area contributed by atoms with Gasteiger partial charge in [0.15, 0.2) is 17.2 Å². The fourth-order valence-corrected chi connectivity index (χ4v) is 13.7. The number of rotatable bonds is 13. The summed E-state index contributed by atoms with van der Waals surface area (Å²) in [4.78, 5) is 38.9. The highest BCUT2D eigenvalue weighted by Gasteiger charge is 2.50. The highest BCUT2D eigenvalue weighted by atomic mass is 32.2. The summed E-state index contributed by atoms with van der Waals surface area (Å²) in [6.45, 7) is 10.9. The lowest BCUT2D eigenvalue weighted by atomic mass is 9.59. The molecule has 2 atom stereocenters. The number of nitrogens with one attached hydrogen (secondary N) is 4. The number of pyridine rings is 1. The van der Waals surface area contributed by atoms with Gasteiger partial charge in [0.1, 0.15) is 24.1 Å². The molecule has 5 fully saturated rings. The minimum Gasteiger partial charge on any atom is -0.489 e. The van der Waals surface area contributed by atoms with Crippen LogP contribution in [-0.2, 0) is 10.0 Å². The number of piperidine rings is 2. The van der Waals surface area contributed by atoms with E-state index in [0.717, 1.165) is 75.5 Å². The van der Waals surface area contributed by atoms with Crippen molar-refractivity contribution in [3.05, 3.63) is 99.7 Å². The molecular weight excluding hydrogens is 949 g/mol. The molecule has 388 valence electrons. The lowest BCUT2D eigenvalue weighted by molar-refractivity contribution is -0.384. The Morgan fingerprint density at radius 2 is 1.73 bits per heavy atom. The molecule has 0 radical (unpaired) electrons. The Balaban J connectivity index is 0.845. The van der Waals surface area contributed by atoms with Crippen molar-refractivity contribution in [2.45, 2.75) is 138 Å². The van der Waals surface area contributed by atoms with Gasteiger partial charge in [0.2, 0.25) is 0 Å². The molecule has 0 bridgehead atoms. The zero-order chi connectivity index (χ0) is 50.6. The average molecular weight is 1020 g/mol. The maximum atomic E-state index is 14.5. The van der Waals surface area contributed by atoms with Crippen LogP contribution in [-0.4, -0.2) is 102 Å². The Morgan fingerprint density at radius 3 is 2.48 bits per heavy atom. The summed E-state index contributed by atoms with van der Waals surface area (Å²) in [5, 5.41) is 30.4. The number of hydrogen-bond acceptors (Lipinski definition) is 14. The number of nitro groups is 1. The van der Waals surface area contributed by atoms with Gasteiger partial charge in [-0.05, 0) is 156 Å². The number of nitro benzene ring substituents is 1. The van der Waals surface area contributed by atoms with E-state index in [1.807, 2.05) is 19.1 Å². The van der Waals surface area contributed by atoms with Crippen molar-refractivity contribution in [3.8, 4) is 23.1 Å². The van der Waals surface area contributed by atoms with Crippen molar-refractivity contribution in [1.82, 2.24) is 24.9 Å². The molecule has 73 heavy (non-hydrogen) atoms. The fourth-order valence-electron chi connectivity index (χ4n) is 12.7. The largest absolute Gasteiger partial charge is 0.489 e. The second-order valence-electron chi connectivity index (χ2n) is 22.2. The normalized spacial score (nSPS) is 24.7. The lowest BCUT2D eigenvalue weighted by Crippen LogP contribution is -2.54. The molecule has 2 aromatic heterocycles. The monoisotopic (exact) mass is 1020 g/mol. The summed E-state index contributed by atoms with van der Waals surface area (Å²) in [7, 11) is -4.71. The number of anilines is 2. The number of hydrogen-bond donors (Lipinski definition) is 5. The molecule has 5 N–H and O–H groups in total. The van der Waals surface area contributed by atoms with Crippen LogP contribution in [0.3, 0.4) is 0 Å². The number of aromatic nitrogens is 2. The number of carbonyl (C=O) groups excluding carboxylic acids is 1. The molecule has 3 aromatic carbocycles. The molecular formula is C55H68N8O9S. The highest BCUT2D eigenvalue weighted by Crippen LogP contribution is 2.55. The molecule has 0 unspecified atom stereocenters. The third kappa shape index (κ3) is 10.1. The number of nitrogens with zero attached hydrogens (tertiary/aromatic N) is 4. The molecule has 1 spiro atoms. The topological polar surface area (TPSA) is 214 Å². The van der Waals surface area contributed by atoms with Gasteiger partial charge in [0.25, 0.3) is 27.5 Å². The zero-order valence-electron chi connectivity index (χ0n) is 42.0. The Hall–Kier alpha value is -5.95. The predicted octanol–water partition coefficient (Wildman–Crippen LogP) is 9.34. The molecule has 5 aromatic rings. The van der Waals surface area contributed by atoms with Crippen molar-refractivity contribution in [2.24, 2.45) is 11.3 Å². The van der Waals surface area contributed by atoms with Crippen LogP contribution < -0.4 is 34.5 Å². The van der Waals surface area contributed by atoms with Crippen molar-refractivity contribution in [2.75, 3.05) is 49.5 Å². The van der Waals surface area contributed by atoms with Gasteiger partial charge in [-0.15, -0.1) is 0 Å². The van der Waals surface area contributed by atoms with E-state index in [0.29, 0.717) is 49.3 Å². The van der Waals surface area contributed by atoms with Crippen molar-refractivity contribution >= 4 is 44.0 Å². The number of ether oxygens (including phenoxy) is 3. The van der Waals surface area contributed by atoms with Gasteiger partial charge in [-0.3, -0.25) is 19.8 Å². The van der Waals surface area contributed by atoms with Gasteiger partial charge in [0, 0.05) is 60.6 Å². The van der Waals surface area contributed by atoms with Crippen molar-refractivity contribution in [3.63, 3.8) is 0 Å². The molecule has 1 amide bonds. The van der Waals surface area contributed by atoms with Gasteiger partial charge >= 0.3 is 0 Å². The van der Waals surface area contributed by atoms with Gasteiger partial charge < -0.3 is 39.8 Å². The van der Waals surface area contributed by atoms with Gasteiger partial charge in [-0.25, -0.2) is 13.1 Å². The number of amides is 1. The van der Waals surface area contributed by atoms with Crippen LogP contribution in [0.15, 0.2) is 77.8 Å². The minimum absolute atomic E-state index is 0.00299. The van der Waals surface area contributed by atoms with Crippen LogP contribution in [0, 0.1) is 21.4 Å². The summed E-state index contributed by atoms with van der Waals surface area (Å²) in [6, 6.07) is 20.7. The summed E-state index contributed by atoms with van der Waals surface area (Å²) >= 11 is 0. The second-order valence-corrected chi connectivity index (χ2v) is 23.9. The van der Waals surface area contributed by atoms with Gasteiger partial charge in [-0.2, -0.15) is 4.98 Å². The lowest BCUT2D eigenvalue weighted by Gasteiger charge is -2.56. The Kier molecular flexibility index (Phi) is 13.3. The van der Waals surface area contributed by atoms with Crippen LogP contribution in [0.4, 0.5) is 17.1 Å². The number of H-pyrrole nitrogens is 1. The van der Waals surface area contributed by atoms with Gasteiger partial charge in [-0.1, -0.05) is 38.1 Å². The summed E-state index contributed by atoms with van der Waals surface area (Å²) in [6.07, 6.45) is 12.6. The third-order valence-corrected chi connectivity index (χ3v) is 18.3. The van der Waals surface area contributed by atoms with Gasteiger partial charge in [0.05, 0.1) is 27.0 Å². The third-order valence-electron chi connectivity index (χ3n) is 16.9. The number of carbonyl (C=O) groups is 1. The van der Waals surface area contributed by atoms with E-state index in [1.165, 1.54) is 42.9 Å². The molecule has 18 heteroatoms. The van der Waals surface area contributed by atoms with E-state index >= 15 is 0 Å². The first-order valence-electron chi connectivity index (χ1n) is 26.4. The zero-order valence-corrected chi connectivity index (χ0v) is 42.8. The molecule has 4 aliphatic heterocycles. The molecule has 6 heterocycles. The Labute approximate surface area is 427 Å². The van der Waals surface area contributed by atoms with Crippen molar-refractivity contribution < 1.29 is 37.5 Å². The molecule has 17 nitrogen and oxygen atoms in total. The molecule has 2 saturated carbocycles. The molecule has 6 aliphatic rings. The minimum atomic E-state index is -4.71. The molecule has 3 saturated heterocycles. The van der Waals surface area contributed by atoms with E-state index in [4.69, 9.17) is 19.2 Å². The van der Waals surface area contributed by atoms with E-state index < -0.39 is 37.0 Å². The van der Waals surface area contributed by atoms with Crippen LogP contribution >= 0.6 is 0 Å². The predicted molar refractivity (Wildman–Crippen MR) is 278 cm³/mol. The van der Waals surface area contributed by atoms with E-state index in [2.05, 4.69) is 68.3 Å². The van der Waals surface area contributed by atoms with E-state index in [-0.39, 0.29) is 64.5 Å². The fraction of sp³-hybridized carbons (Fsp3) is 0.527. The van der Waals surface area contributed by atoms with E-state index in [1.54, 1.807) is 24.4 Å². The van der Waals surface area contributed by atoms with Crippen molar-refractivity contribution in [1.29, 1.82) is 0 Å². The number of aliphatic hydroxyl groups is 1. The number of aromatic amines is 1. The number of likely N-dealkylation sites (tertiary alicyclic amines) is 1. The highest BCUT2D eigenvalue weighted by molar-refractivity contribution is 7.90. The summed E-state index contributed by atoms with van der Waals surface area (Å²) < 4.78 is 49.9. The molecule has 11 rings (SSSR count). The first-order chi connectivity index (χ1) is 35.1. The number of sulfonamides is 1. The maximum Gasteiger partial charge on any atom is 0.297 e.